The van der Waals surface area contributed by atoms with Crippen LogP contribution >= 0.6 is 0 Å². The number of primary amides is 1. The first kappa shape index (κ1) is 11.0. The molecule has 0 aromatic rings. The number of allylic oxidation sites excluding steroid dienone is 3. The second-order valence-corrected chi connectivity index (χ2v) is 3.21. The fourth-order valence-corrected chi connectivity index (χ4v) is 0.904. The van der Waals surface area contributed by atoms with Crippen LogP contribution in [0.15, 0.2) is 23.3 Å². The summed E-state index contributed by atoms with van der Waals surface area (Å²) >= 11 is 0. The Morgan fingerprint density at radius 1 is 1.42 bits per heavy atom. The van der Waals surface area contributed by atoms with Gasteiger partial charge >= 0.3 is 0 Å². The van der Waals surface area contributed by atoms with Crippen LogP contribution in [0, 0.1) is 0 Å². The van der Waals surface area contributed by atoms with Crippen LogP contribution in [0.4, 0.5) is 0 Å². The van der Waals surface area contributed by atoms with Crippen molar-refractivity contribution in [3.63, 3.8) is 0 Å². The molecule has 1 amide bonds. The zero-order valence-electron chi connectivity index (χ0n) is 8.05. The Balaban J connectivity index is 3.79. The molecule has 2 heteroatoms. The fourth-order valence-electron chi connectivity index (χ4n) is 0.904. The Bertz CT molecular complexity index is 210. The van der Waals surface area contributed by atoms with Crippen molar-refractivity contribution >= 4 is 5.91 Å². The van der Waals surface area contributed by atoms with Gasteiger partial charge in [-0.2, -0.15) is 0 Å². The van der Waals surface area contributed by atoms with E-state index in [2.05, 4.69) is 19.9 Å². The monoisotopic (exact) mass is 169 g/mol. The molecule has 0 rings (SSSR count). The molecule has 0 aromatic heterocycles. The van der Waals surface area contributed by atoms with Crippen molar-refractivity contribution in [1.82, 2.24) is 0 Å². The van der Waals surface area contributed by atoms with E-state index in [0.29, 0.717) is 0 Å². The molecule has 0 atom stereocenters. The molecule has 0 bridgehead atoms. The third kappa shape index (κ3) is 7.06. The quantitative estimate of drug-likeness (QED) is 0.508. The fraction of sp³-hybridized carbons (Fsp3) is 0.500. The van der Waals surface area contributed by atoms with Crippen molar-refractivity contribution in [1.29, 1.82) is 0 Å². The minimum absolute atomic E-state index is 0.357. The standard InChI is InChI=1S/C10H17NO/c1-8(2)5-4-6-9(3)7-10(11)12/h5,7H,4,6H2,1-3H3,(H2,11,12)/b9-7-/i10+2. The molecule has 2 nitrogen and oxygen atoms in total. The molecule has 0 radical (unpaired) electrons. The minimum atomic E-state index is -0.357. The second kappa shape index (κ2) is 5.58. The molecule has 0 unspecified atom stereocenters. The van der Waals surface area contributed by atoms with E-state index in [1.807, 2.05) is 6.92 Å². The zero-order chi connectivity index (χ0) is 9.56. The van der Waals surface area contributed by atoms with E-state index in [4.69, 9.17) is 5.73 Å². The molecule has 12 heavy (non-hydrogen) atoms. The summed E-state index contributed by atoms with van der Waals surface area (Å²) in [6.45, 7) is 6.05. The average Bonchev–Trinajstić information content (AvgIpc) is 1.84. The van der Waals surface area contributed by atoms with Crippen molar-refractivity contribution in [2.24, 2.45) is 5.73 Å². The van der Waals surface area contributed by atoms with Gasteiger partial charge in [0.05, 0.1) is 0 Å². The predicted molar refractivity (Wildman–Crippen MR) is 51.6 cm³/mol. The van der Waals surface area contributed by atoms with E-state index >= 15 is 0 Å². The lowest BCUT2D eigenvalue weighted by Gasteiger charge is -1.96. The SMILES string of the molecule is CC(C)=CCC/C(C)=C\[14C](N)=O. The summed E-state index contributed by atoms with van der Waals surface area (Å²) in [4.78, 5) is 10.4. The molecule has 0 aliphatic rings. The number of amides is 1. The Labute approximate surface area is 74.1 Å². The largest absolute Gasteiger partial charge is 0.366 e. The molecular weight excluding hydrogens is 152 g/mol. The van der Waals surface area contributed by atoms with Crippen molar-refractivity contribution in [2.75, 3.05) is 0 Å². The lowest BCUT2D eigenvalue weighted by Crippen LogP contribution is -2.06. The Morgan fingerprint density at radius 3 is 2.42 bits per heavy atom. The minimum Gasteiger partial charge on any atom is -0.366 e. The van der Waals surface area contributed by atoms with Crippen LogP contribution in [0.1, 0.15) is 33.6 Å². The third-order valence-electron chi connectivity index (χ3n) is 1.48. The number of rotatable bonds is 4. The Kier molecular flexibility index (Phi) is 5.09. The first-order valence-corrected chi connectivity index (χ1v) is 4.12. The molecule has 0 saturated heterocycles. The summed E-state index contributed by atoms with van der Waals surface area (Å²) in [5.74, 6) is -0.357. The topological polar surface area (TPSA) is 43.1 Å². The van der Waals surface area contributed by atoms with E-state index in [-0.39, 0.29) is 5.91 Å². The Morgan fingerprint density at radius 2 is 2.00 bits per heavy atom. The molecular formula is C10H17NO. The molecule has 0 fully saturated rings. The van der Waals surface area contributed by atoms with Gasteiger partial charge in [0.25, 0.3) is 0 Å². The smallest absolute Gasteiger partial charge is 0.241 e. The normalized spacial score (nSPS) is 11.1. The lowest BCUT2D eigenvalue weighted by atomic mass is 10.1. The summed E-state index contributed by atoms with van der Waals surface area (Å²) in [6.07, 6.45) is 5.53. The molecule has 0 aromatic carbocycles. The number of hydrogen-bond acceptors (Lipinski definition) is 1. The van der Waals surface area contributed by atoms with Gasteiger partial charge in [-0.1, -0.05) is 17.2 Å². The number of nitrogens with two attached hydrogens (primary N) is 1. The highest BCUT2D eigenvalue weighted by Gasteiger charge is 1.91. The van der Waals surface area contributed by atoms with Crippen LogP contribution < -0.4 is 5.73 Å². The molecule has 68 valence electrons. The van der Waals surface area contributed by atoms with Crippen molar-refractivity contribution in [2.45, 2.75) is 33.6 Å². The van der Waals surface area contributed by atoms with Gasteiger partial charge < -0.3 is 5.73 Å². The van der Waals surface area contributed by atoms with E-state index in [1.54, 1.807) is 0 Å². The van der Waals surface area contributed by atoms with Crippen molar-refractivity contribution in [3.8, 4) is 0 Å². The number of carbonyl (C=O) groups is 1. The third-order valence-corrected chi connectivity index (χ3v) is 1.48. The molecule has 0 saturated carbocycles. The van der Waals surface area contributed by atoms with Gasteiger partial charge in [0.1, 0.15) is 0 Å². The van der Waals surface area contributed by atoms with E-state index in [1.165, 1.54) is 11.6 Å². The first-order valence-electron chi connectivity index (χ1n) is 4.12. The maximum absolute atomic E-state index is 10.4. The van der Waals surface area contributed by atoms with Gasteiger partial charge in [-0.05, 0) is 33.6 Å². The second-order valence-electron chi connectivity index (χ2n) is 3.21. The van der Waals surface area contributed by atoms with Crippen molar-refractivity contribution in [3.05, 3.63) is 23.3 Å². The van der Waals surface area contributed by atoms with E-state index in [9.17, 15) is 4.79 Å². The number of carbonyl (C=O) groups excluding carboxylic acids is 1. The maximum Gasteiger partial charge on any atom is 0.241 e. The summed E-state index contributed by atoms with van der Waals surface area (Å²) in [5, 5.41) is 0. The van der Waals surface area contributed by atoms with Crippen LogP contribution in [-0.4, -0.2) is 5.91 Å². The molecule has 0 heterocycles. The molecule has 2 N–H and O–H groups in total. The summed E-state index contributed by atoms with van der Waals surface area (Å²) in [6, 6.07) is 0. The average molecular weight is 169 g/mol. The molecule has 0 aliphatic carbocycles. The van der Waals surface area contributed by atoms with Crippen LogP contribution in [0.25, 0.3) is 0 Å². The predicted octanol–water partition coefficient (Wildman–Crippen LogP) is 2.16. The number of hydrogen-bond donors (Lipinski definition) is 1. The van der Waals surface area contributed by atoms with Gasteiger partial charge in [0.2, 0.25) is 5.91 Å². The summed E-state index contributed by atoms with van der Waals surface area (Å²) < 4.78 is 0. The highest BCUT2D eigenvalue weighted by molar-refractivity contribution is 5.86. The summed E-state index contributed by atoms with van der Waals surface area (Å²) in [5.41, 5.74) is 7.34. The van der Waals surface area contributed by atoms with Gasteiger partial charge in [-0.25, -0.2) is 0 Å². The zero-order valence-corrected chi connectivity index (χ0v) is 8.05. The van der Waals surface area contributed by atoms with E-state index in [0.717, 1.165) is 18.4 Å². The van der Waals surface area contributed by atoms with Gasteiger partial charge in [-0.15, -0.1) is 0 Å². The molecule has 0 aliphatic heterocycles. The van der Waals surface area contributed by atoms with Gasteiger partial charge in [-0.3, -0.25) is 4.79 Å². The van der Waals surface area contributed by atoms with Crippen LogP contribution in [0.2, 0.25) is 0 Å². The van der Waals surface area contributed by atoms with Crippen LogP contribution in [0.5, 0.6) is 0 Å². The van der Waals surface area contributed by atoms with Crippen LogP contribution in [-0.2, 0) is 4.79 Å². The Hall–Kier alpha value is -1.05. The molecule has 0 spiro atoms. The lowest BCUT2D eigenvalue weighted by molar-refractivity contribution is -0.113. The maximum atomic E-state index is 10.4. The highest BCUT2D eigenvalue weighted by atomic mass is 16.3. The highest BCUT2D eigenvalue weighted by Crippen LogP contribution is 2.05. The summed E-state index contributed by atoms with van der Waals surface area (Å²) in [7, 11) is 0. The van der Waals surface area contributed by atoms with Crippen molar-refractivity contribution < 1.29 is 4.79 Å². The van der Waals surface area contributed by atoms with Gasteiger partial charge in [0, 0.05) is 6.08 Å². The van der Waals surface area contributed by atoms with Gasteiger partial charge in [0.15, 0.2) is 0 Å². The van der Waals surface area contributed by atoms with E-state index < -0.39 is 0 Å². The van der Waals surface area contributed by atoms with Crippen LogP contribution in [0.3, 0.4) is 0 Å². The first-order chi connectivity index (χ1) is 5.52.